The lowest BCUT2D eigenvalue weighted by Gasteiger charge is -2.19. The Bertz CT molecular complexity index is 511. The molecule has 0 amide bonds. The summed E-state index contributed by atoms with van der Waals surface area (Å²) in [6, 6.07) is -0.00262. The maximum absolute atomic E-state index is 12.0. The number of aromatic amines is 1. The van der Waals surface area contributed by atoms with E-state index in [1.807, 2.05) is 0 Å². The van der Waals surface area contributed by atoms with E-state index >= 15 is 0 Å². The topological polar surface area (TPSA) is 124 Å². The third kappa shape index (κ3) is 2.04. The van der Waals surface area contributed by atoms with Crippen LogP contribution in [-0.4, -0.2) is 57.8 Å². The van der Waals surface area contributed by atoms with Crippen molar-refractivity contribution in [2.24, 2.45) is 0 Å². The van der Waals surface area contributed by atoms with Gasteiger partial charge in [0.2, 0.25) is 0 Å². The Morgan fingerprint density at radius 3 is 2.82 bits per heavy atom. The van der Waals surface area contributed by atoms with Gasteiger partial charge in [0.1, 0.15) is 6.04 Å². The summed E-state index contributed by atoms with van der Waals surface area (Å²) < 4.78 is 24.8. The summed E-state index contributed by atoms with van der Waals surface area (Å²) in [4.78, 5) is 10.9. The molecule has 9 heteroatoms. The van der Waals surface area contributed by atoms with Crippen LogP contribution in [0.5, 0.6) is 0 Å². The molecule has 1 saturated heterocycles. The molecule has 0 radical (unpaired) electrons. The number of aliphatic hydroxyl groups excluding tert-OH is 1. The molecule has 8 nitrogen and oxygen atoms in total. The van der Waals surface area contributed by atoms with Gasteiger partial charge in [-0.15, -0.1) is 0 Å². The van der Waals surface area contributed by atoms with E-state index < -0.39 is 28.1 Å². The number of H-pyrrole nitrogens is 1. The number of nitrogens with one attached hydrogen (secondary N) is 1. The predicted octanol–water partition coefficient (Wildman–Crippen LogP) is -1.38. The fraction of sp³-hybridized carbons (Fsp3) is 0.500. The molecule has 0 saturated carbocycles. The summed E-state index contributed by atoms with van der Waals surface area (Å²) in [5, 5.41) is 23.9. The molecule has 1 aromatic heterocycles. The van der Waals surface area contributed by atoms with Crippen LogP contribution >= 0.6 is 0 Å². The van der Waals surface area contributed by atoms with Gasteiger partial charge in [-0.2, -0.15) is 9.40 Å². The average molecular weight is 261 g/mol. The lowest BCUT2D eigenvalue weighted by molar-refractivity contribution is -0.140. The number of hydrogen-bond donors (Lipinski definition) is 3. The van der Waals surface area contributed by atoms with Gasteiger partial charge in [-0.25, -0.2) is 8.42 Å². The molecule has 2 atom stereocenters. The van der Waals surface area contributed by atoms with Crippen molar-refractivity contribution in [3.63, 3.8) is 0 Å². The van der Waals surface area contributed by atoms with Crippen molar-refractivity contribution in [3.8, 4) is 0 Å². The molecule has 0 spiro atoms. The molecule has 0 aromatic carbocycles. The average Bonchev–Trinajstić information content (AvgIpc) is 2.84. The zero-order valence-corrected chi connectivity index (χ0v) is 9.46. The SMILES string of the molecule is O=C(O)[C@@H]1C[C@H](O)CN1S(=O)(=O)c1ccn[nH]1. The number of nitrogens with zero attached hydrogens (tertiary/aromatic N) is 2. The number of carboxylic acids is 1. The number of carbonyl (C=O) groups is 1. The van der Waals surface area contributed by atoms with E-state index in [0.717, 1.165) is 4.31 Å². The second-order valence-corrected chi connectivity index (χ2v) is 5.60. The second kappa shape index (κ2) is 4.09. The van der Waals surface area contributed by atoms with Gasteiger partial charge in [0, 0.05) is 13.0 Å². The van der Waals surface area contributed by atoms with Gasteiger partial charge in [0.15, 0.2) is 5.03 Å². The summed E-state index contributed by atoms with van der Waals surface area (Å²) in [5.41, 5.74) is 0. The maximum atomic E-state index is 12.0. The van der Waals surface area contributed by atoms with Crippen LogP contribution in [0.3, 0.4) is 0 Å². The van der Waals surface area contributed by atoms with Crippen LogP contribution in [0.15, 0.2) is 17.3 Å². The van der Waals surface area contributed by atoms with E-state index in [-0.39, 0.29) is 18.0 Å². The van der Waals surface area contributed by atoms with Crippen molar-refractivity contribution >= 4 is 16.0 Å². The highest BCUT2D eigenvalue weighted by atomic mass is 32.2. The molecule has 1 fully saturated rings. The molecule has 17 heavy (non-hydrogen) atoms. The van der Waals surface area contributed by atoms with Crippen LogP contribution in [0.25, 0.3) is 0 Å². The summed E-state index contributed by atoms with van der Waals surface area (Å²) in [6.07, 6.45) is 0.187. The number of carboxylic acid groups (broad SMARTS) is 1. The van der Waals surface area contributed by atoms with Gasteiger partial charge in [-0.1, -0.05) is 0 Å². The number of aromatic nitrogens is 2. The third-order valence-electron chi connectivity index (χ3n) is 2.58. The van der Waals surface area contributed by atoms with Crippen molar-refractivity contribution in [1.29, 1.82) is 0 Å². The quantitative estimate of drug-likeness (QED) is 0.616. The Hall–Kier alpha value is -1.45. The van der Waals surface area contributed by atoms with E-state index in [1.165, 1.54) is 12.3 Å². The number of aliphatic carboxylic acids is 1. The Kier molecular flexibility index (Phi) is 2.89. The summed E-state index contributed by atoms with van der Waals surface area (Å²) >= 11 is 0. The molecule has 0 bridgehead atoms. The fourth-order valence-electron chi connectivity index (χ4n) is 1.79. The second-order valence-electron chi connectivity index (χ2n) is 3.74. The van der Waals surface area contributed by atoms with Gasteiger partial charge in [0.25, 0.3) is 10.0 Å². The fourth-order valence-corrected chi connectivity index (χ4v) is 3.32. The highest BCUT2D eigenvalue weighted by Crippen LogP contribution is 2.25. The van der Waals surface area contributed by atoms with Gasteiger partial charge < -0.3 is 10.2 Å². The minimum Gasteiger partial charge on any atom is -0.480 e. The normalized spacial score (nSPS) is 26.2. The van der Waals surface area contributed by atoms with E-state index in [9.17, 15) is 18.3 Å². The Morgan fingerprint density at radius 2 is 2.29 bits per heavy atom. The van der Waals surface area contributed by atoms with Crippen LogP contribution in [-0.2, 0) is 14.8 Å². The predicted molar refractivity (Wildman–Crippen MR) is 54.5 cm³/mol. The maximum Gasteiger partial charge on any atom is 0.322 e. The van der Waals surface area contributed by atoms with Crippen LogP contribution in [0, 0.1) is 0 Å². The molecular weight excluding hydrogens is 250 g/mol. The largest absolute Gasteiger partial charge is 0.480 e. The lowest BCUT2D eigenvalue weighted by Crippen LogP contribution is -2.40. The van der Waals surface area contributed by atoms with Crippen molar-refractivity contribution in [1.82, 2.24) is 14.5 Å². The smallest absolute Gasteiger partial charge is 0.322 e. The van der Waals surface area contributed by atoms with Crippen LogP contribution in [0.2, 0.25) is 0 Å². The first-order valence-corrected chi connectivity index (χ1v) is 6.29. The highest BCUT2D eigenvalue weighted by molar-refractivity contribution is 7.89. The first-order chi connectivity index (χ1) is 7.93. The number of hydrogen-bond acceptors (Lipinski definition) is 5. The molecule has 2 rings (SSSR count). The monoisotopic (exact) mass is 261 g/mol. The van der Waals surface area contributed by atoms with E-state index in [2.05, 4.69) is 10.2 Å². The molecule has 3 N–H and O–H groups in total. The summed E-state index contributed by atoms with van der Waals surface area (Å²) in [7, 11) is -3.95. The van der Waals surface area contributed by atoms with E-state index in [0.29, 0.717) is 0 Å². The molecule has 2 heterocycles. The molecule has 1 aliphatic rings. The zero-order chi connectivity index (χ0) is 12.6. The number of sulfonamides is 1. The molecule has 94 valence electrons. The highest BCUT2D eigenvalue weighted by Gasteiger charge is 2.43. The van der Waals surface area contributed by atoms with Gasteiger partial charge >= 0.3 is 5.97 Å². The molecule has 1 aliphatic heterocycles. The first-order valence-electron chi connectivity index (χ1n) is 4.85. The van der Waals surface area contributed by atoms with Crippen molar-refractivity contribution in [2.45, 2.75) is 23.6 Å². The standard InChI is InChI=1S/C8H11N3O5S/c12-5-3-6(8(13)14)11(4-5)17(15,16)7-1-2-9-10-7/h1-2,5-6,12H,3-4H2,(H,9,10)(H,13,14)/t5-,6-/m0/s1. The van der Waals surface area contributed by atoms with Gasteiger partial charge in [-0.3, -0.25) is 9.89 Å². The Morgan fingerprint density at radius 1 is 1.59 bits per heavy atom. The molecule has 0 unspecified atom stereocenters. The van der Waals surface area contributed by atoms with Gasteiger partial charge in [0.05, 0.1) is 12.3 Å². The number of rotatable bonds is 3. The van der Waals surface area contributed by atoms with Crippen molar-refractivity contribution in [3.05, 3.63) is 12.3 Å². The zero-order valence-electron chi connectivity index (χ0n) is 8.65. The molecular formula is C8H11N3O5S. The van der Waals surface area contributed by atoms with Crippen LogP contribution in [0.1, 0.15) is 6.42 Å². The minimum absolute atomic E-state index is 0.108. The number of β-amino-alcohol motifs (C(OH)–C–C–N with tert-alkyl or cyclic N) is 1. The van der Waals surface area contributed by atoms with Crippen LogP contribution < -0.4 is 0 Å². The number of aliphatic hydroxyl groups is 1. The van der Waals surface area contributed by atoms with Crippen LogP contribution in [0.4, 0.5) is 0 Å². The Labute approximate surface area is 96.9 Å². The molecule has 1 aromatic rings. The lowest BCUT2D eigenvalue weighted by atomic mass is 10.2. The summed E-state index contributed by atoms with van der Waals surface area (Å²) in [6.45, 7) is -0.224. The summed E-state index contributed by atoms with van der Waals surface area (Å²) in [5.74, 6) is -1.27. The third-order valence-corrected chi connectivity index (χ3v) is 4.38. The Balaban J connectivity index is 2.36. The van der Waals surface area contributed by atoms with Crippen molar-refractivity contribution in [2.75, 3.05) is 6.54 Å². The van der Waals surface area contributed by atoms with Crippen molar-refractivity contribution < 1.29 is 23.4 Å². The van der Waals surface area contributed by atoms with Gasteiger partial charge in [-0.05, 0) is 6.07 Å². The molecule has 0 aliphatic carbocycles. The first kappa shape index (κ1) is 12.0. The minimum atomic E-state index is -3.95. The van der Waals surface area contributed by atoms with E-state index in [1.54, 1.807) is 0 Å². The van der Waals surface area contributed by atoms with E-state index in [4.69, 9.17) is 5.11 Å².